The molecule has 0 fully saturated rings. The maximum Gasteiger partial charge on any atom is 0.573 e. The third-order valence-electron chi connectivity index (χ3n) is 3.67. The first-order valence-corrected chi connectivity index (χ1v) is 8.78. The van der Waals surface area contributed by atoms with Crippen molar-refractivity contribution in [3.63, 3.8) is 0 Å². The van der Waals surface area contributed by atoms with Crippen LogP contribution in [0, 0.1) is 6.92 Å². The van der Waals surface area contributed by atoms with Gasteiger partial charge in [-0.1, -0.05) is 24.3 Å². The van der Waals surface area contributed by atoms with Crippen LogP contribution in [-0.2, 0) is 11.3 Å². The number of halogens is 4. The number of rotatable bonds is 7. The summed E-state index contributed by atoms with van der Waals surface area (Å²) in [6, 6.07) is 11.1. The molecule has 0 aliphatic carbocycles. The van der Waals surface area contributed by atoms with Gasteiger partial charge in [-0.3, -0.25) is 9.79 Å². The van der Waals surface area contributed by atoms with Crippen LogP contribution in [0.4, 0.5) is 19.0 Å². The number of nitrogens with zero attached hydrogens (tertiary/aromatic N) is 2. The highest BCUT2D eigenvalue weighted by Gasteiger charge is 2.31. The van der Waals surface area contributed by atoms with E-state index in [1.54, 1.807) is 18.2 Å². The molecule has 0 saturated heterocycles. The number of benzene rings is 1. The van der Waals surface area contributed by atoms with Crippen molar-refractivity contribution in [3.8, 4) is 5.75 Å². The minimum atomic E-state index is -4.77. The number of aliphatic imine (C=N–C) groups is 1. The molecule has 2 aromatic rings. The fourth-order valence-electron chi connectivity index (χ4n) is 2.39. The molecule has 2 rings (SSSR count). The van der Waals surface area contributed by atoms with E-state index in [0.29, 0.717) is 17.3 Å². The van der Waals surface area contributed by atoms with E-state index in [1.807, 2.05) is 13.0 Å². The Hall–Kier alpha value is -2.57. The number of amides is 1. The highest BCUT2D eigenvalue weighted by Crippen LogP contribution is 2.26. The van der Waals surface area contributed by atoms with Gasteiger partial charge in [-0.05, 0) is 25.1 Å². The number of alkyl halides is 3. The largest absolute Gasteiger partial charge is 0.573 e. The molecule has 1 amide bonds. The van der Waals surface area contributed by atoms with Gasteiger partial charge < -0.3 is 20.7 Å². The Labute approximate surface area is 189 Å². The first-order chi connectivity index (χ1) is 13.8. The van der Waals surface area contributed by atoms with Crippen LogP contribution in [0.1, 0.15) is 17.7 Å². The van der Waals surface area contributed by atoms with Gasteiger partial charge in [0.2, 0.25) is 5.91 Å². The van der Waals surface area contributed by atoms with E-state index in [-0.39, 0.29) is 55.1 Å². The maximum absolute atomic E-state index is 12.5. The summed E-state index contributed by atoms with van der Waals surface area (Å²) < 4.78 is 41.5. The standard InChI is InChI=1S/C19H22F3N5O2.HI/c1-13-6-5-9-16(26-13)27-17(28)10-11-24-18(23-2)25-12-14-7-3-4-8-15(14)29-19(20,21)22;/h3-9H,10-12H2,1-2H3,(H2,23,24,25)(H,26,27,28);1H. The van der Waals surface area contributed by atoms with Crippen LogP contribution >= 0.6 is 24.0 Å². The molecular weight excluding hydrogens is 514 g/mol. The van der Waals surface area contributed by atoms with E-state index in [4.69, 9.17) is 0 Å². The molecule has 0 spiro atoms. The van der Waals surface area contributed by atoms with E-state index in [0.717, 1.165) is 5.69 Å². The number of hydrogen-bond acceptors (Lipinski definition) is 4. The van der Waals surface area contributed by atoms with Crippen molar-refractivity contribution < 1.29 is 22.7 Å². The number of aromatic nitrogens is 1. The van der Waals surface area contributed by atoms with Crippen LogP contribution in [0.15, 0.2) is 47.5 Å². The summed E-state index contributed by atoms with van der Waals surface area (Å²) in [7, 11) is 1.52. The van der Waals surface area contributed by atoms with Crippen molar-refractivity contribution in [3.05, 3.63) is 53.7 Å². The number of aryl methyl sites for hydroxylation is 1. The molecule has 164 valence electrons. The van der Waals surface area contributed by atoms with Crippen LogP contribution in [0.5, 0.6) is 5.75 Å². The van der Waals surface area contributed by atoms with E-state index in [1.165, 1.54) is 25.2 Å². The molecule has 7 nitrogen and oxygen atoms in total. The van der Waals surface area contributed by atoms with Gasteiger partial charge in [-0.25, -0.2) is 4.98 Å². The predicted octanol–water partition coefficient (Wildman–Crippen LogP) is 3.60. The zero-order valence-electron chi connectivity index (χ0n) is 16.4. The Morgan fingerprint density at radius 2 is 1.87 bits per heavy atom. The van der Waals surface area contributed by atoms with Crippen LogP contribution in [0.3, 0.4) is 0 Å². The number of hydrogen-bond donors (Lipinski definition) is 3. The zero-order valence-corrected chi connectivity index (χ0v) is 18.7. The molecule has 30 heavy (non-hydrogen) atoms. The number of guanidine groups is 1. The molecule has 3 N–H and O–H groups in total. The van der Waals surface area contributed by atoms with Crippen LogP contribution < -0.4 is 20.7 Å². The van der Waals surface area contributed by atoms with E-state index < -0.39 is 6.36 Å². The second-order valence-electron chi connectivity index (χ2n) is 5.97. The number of carbonyl (C=O) groups excluding carboxylic acids is 1. The molecule has 0 radical (unpaired) electrons. The average Bonchev–Trinajstić information content (AvgIpc) is 2.64. The molecule has 0 aliphatic rings. The van der Waals surface area contributed by atoms with Crippen LogP contribution in [0.2, 0.25) is 0 Å². The predicted molar refractivity (Wildman–Crippen MR) is 119 cm³/mol. The van der Waals surface area contributed by atoms with Crippen molar-refractivity contribution in [2.24, 2.45) is 4.99 Å². The molecular formula is C19H23F3IN5O2. The molecule has 0 bridgehead atoms. The number of para-hydroxylation sites is 1. The third kappa shape index (κ3) is 9.29. The van der Waals surface area contributed by atoms with E-state index >= 15 is 0 Å². The lowest BCUT2D eigenvalue weighted by Crippen LogP contribution is -2.38. The first-order valence-electron chi connectivity index (χ1n) is 8.78. The normalized spacial score (nSPS) is 11.3. The minimum absolute atomic E-state index is 0. The first kappa shape index (κ1) is 25.5. The minimum Gasteiger partial charge on any atom is -0.405 e. The third-order valence-corrected chi connectivity index (χ3v) is 3.67. The van der Waals surface area contributed by atoms with Gasteiger partial charge in [-0.2, -0.15) is 0 Å². The summed E-state index contributed by atoms with van der Waals surface area (Å²) in [5, 5.41) is 8.51. The zero-order chi connectivity index (χ0) is 21.3. The van der Waals surface area contributed by atoms with Crippen LogP contribution in [0.25, 0.3) is 0 Å². The SMILES string of the molecule is CN=C(NCCC(=O)Nc1cccc(C)n1)NCc1ccccc1OC(F)(F)F.I. The Morgan fingerprint density at radius 1 is 1.13 bits per heavy atom. The van der Waals surface area contributed by atoms with Crippen molar-refractivity contribution in [1.82, 2.24) is 15.6 Å². The lowest BCUT2D eigenvalue weighted by atomic mass is 10.2. The van der Waals surface area contributed by atoms with Crippen molar-refractivity contribution in [1.29, 1.82) is 0 Å². The summed E-state index contributed by atoms with van der Waals surface area (Å²) >= 11 is 0. The molecule has 0 saturated carbocycles. The second kappa shape index (κ2) is 12.2. The fraction of sp³-hybridized carbons (Fsp3) is 0.316. The smallest absolute Gasteiger partial charge is 0.405 e. The van der Waals surface area contributed by atoms with Crippen molar-refractivity contribution in [2.45, 2.75) is 26.3 Å². The Morgan fingerprint density at radius 3 is 2.53 bits per heavy atom. The number of ether oxygens (including phenoxy) is 1. The average molecular weight is 537 g/mol. The summed E-state index contributed by atoms with van der Waals surface area (Å²) in [5.41, 5.74) is 1.11. The summed E-state index contributed by atoms with van der Waals surface area (Å²) in [6.45, 7) is 2.16. The van der Waals surface area contributed by atoms with Gasteiger partial charge >= 0.3 is 6.36 Å². The van der Waals surface area contributed by atoms with E-state index in [9.17, 15) is 18.0 Å². The van der Waals surface area contributed by atoms with Crippen molar-refractivity contribution >= 4 is 41.7 Å². The lowest BCUT2D eigenvalue weighted by Gasteiger charge is -2.15. The fourth-order valence-corrected chi connectivity index (χ4v) is 2.39. The van der Waals surface area contributed by atoms with Gasteiger partial charge in [0.1, 0.15) is 11.6 Å². The Balaban J connectivity index is 0.00000450. The van der Waals surface area contributed by atoms with Gasteiger partial charge in [0.25, 0.3) is 0 Å². The monoisotopic (exact) mass is 537 g/mol. The molecule has 1 aromatic heterocycles. The van der Waals surface area contributed by atoms with Gasteiger partial charge in [0.15, 0.2) is 5.96 Å². The molecule has 0 unspecified atom stereocenters. The lowest BCUT2D eigenvalue weighted by molar-refractivity contribution is -0.274. The maximum atomic E-state index is 12.5. The second-order valence-corrected chi connectivity index (χ2v) is 5.97. The van der Waals surface area contributed by atoms with Gasteiger partial charge in [0.05, 0.1) is 0 Å². The molecule has 0 atom stereocenters. The number of anilines is 1. The van der Waals surface area contributed by atoms with E-state index in [2.05, 4.69) is 30.7 Å². The highest BCUT2D eigenvalue weighted by atomic mass is 127. The molecule has 11 heteroatoms. The molecule has 1 heterocycles. The quantitative estimate of drug-likeness (QED) is 0.286. The van der Waals surface area contributed by atoms with Gasteiger partial charge in [0, 0.05) is 37.8 Å². The van der Waals surface area contributed by atoms with Gasteiger partial charge in [-0.15, -0.1) is 37.1 Å². The number of pyridine rings is 1. The van der Waals surface area contributed by atoms with Crippen LogP contribution in [-0.4, -0.2) is 36.8 Å². The number of carbonyl (C=O) groups is 1. The molecule has 0 aliphatic heterocycles. The highest BCUT2D eigenvalue weighted by molar-refractivity contribution is 14.0. The summed E-state index contributed by atoms with van der Waals surface area (Å²) in [5.74, 6) is 0.301. The Bertz CT molecular complexity index is 862. The van der Waals surface area contributed by atoms with Crippen molar-refractivity contribution in [2.75, 3.05) is 18.9 Å². The Kier molecular flexibility index (Phi) is 10.4. The topological polar surface area (TPSA) is 87.6 Å². The summed E-state index contributed by atoms with van der Waals surface area (Å²) in [6.07, 6.45) is -4.61. The number of nitrogens with one attached hydrogen (secondary N) is 3. The molecule has 1 aromatic carbocycles. The summed E-state index contributed by atoms with van der Waals surface area (Å²) in [4.78, 5) is 20.2.